The van der Waals surface area contributed by atoms with Crippen molar-refractivity contribution in [3.8, 4) is 11.5 Å². The van der Waals surface area contributed by atoms with E-state index in [1.54, 1.807) is 6.07 Å². The maximum Gasteiger partial charge on any atom is 0.254 e. The van der Waals surface area contributed by atoms with Gasteiger partial charge in [-0.2, -0.15) is 4.39 Å². The predicted molar refractivity (Wildman–Crippen MR) is 108 cm³/mol. The summed E-state index contributed by atoms with van der Waals surface area (Å²) in [6.45, 7) is 6.67. The second-order valence-electron chi connectivity index (χ2n) is 7.21. The van der Waals surface area contributed by atoms with Crippen molar-refractivity contribution in [1.82, 2.24) is 9.88 Å². The van der Waals surface area contributed by atoms with Gasteiger partial charge in [0.2, 0.25) is 0 Å². The van der Waals surface area contributed by atoms with Gasteiger partial charge < -0.3 is 15.3 Å². The molecule has 1 unspecified atom stereocenters. The number of aromatic nitrogens is 1. The number of nitrogens with zero attached hydrogens (tertiary/aromatic N) is 2. The van der Waals surface area contributed by atoms with Crippen LogP contribution in [-0.4, -0.2) is 44.8 Å². The number of likely N-dealkylation sites (tertiary alicyclic amines) is 1. The Morgan fingerprint density at radius 3 is 2.24 bits per heavy atom. The number of hydrogen-bond acceptors (Lipinski definition) is 5. The van der Waals surface area contributed by atoms with Crippen LogP contribution in [0.1, 0.15) is 44.8 Å². The smallest absolute Gasteiger partial charge is 0.254 e. The number of pyridine rings is 1. The van der Waals surface area contributed by atoms with E-state index in [2.05, 4.69) is 9.88 Å². The van der Waals surface area contributed by atoms with Crippen molar-refractivity contribution in [3.63, 3.8) is 0 Å². The lowest BCUT2D eigenvalue weighted by atomic mass is 10.0. The highest BCUT2D eigenvalue weighted by atomic mass is 19.1. The highest BCUT2D eigenvalue weighted by Crippen LogP contribution is 2.38. The van der Waals surface area contributed by atoms with E-state index in [4.69, 9.17) is 10.2 Å². The van der Waals surface area contributed by atoms with E-state index in [1.807, 2.05) is 13.8 Å². The van der Waals surface area contributed by atoms with Crippen molar-refractivity contribution in [2.75, 3.05) is 19.6 Å². The summed E-state index contributed by atoms with van der Waals surface area (Å²) in [5.41, 5.74) is 0.535. The Morgan fingerprint density at radius 2 is 1.72 bits per heavy atom. The molecular weight excluding hydrogens is 378 g/mol. The Labute approximate surface area is 170 Å². The molecule has 0 amide bonds. The zero-order valence-electron chi connectivity index (χ0n) is 16.9. The van der Waals surface area contributed by atoms with Crippen LogP contribution in [0.5, 0.6) is 11.5 Å². The molecule has 5 nitrogen and oxygen atoms in total. The van der Waals surface area contributed by atoms with Crippen LogP contribution in [0.3, 0.4) is 0 Å². The fraction of sp³-hybridized carbons (Fsp3) is 0.500. The van der Waals surface area contributed by atoms with E-state index >= 15 is 0 Å². The van der Waals surface area contributed by atoms with Crippen molar-refractivity contribution < 1.29 is 24.1 Å². The van der Waals surface area contributed by atoms with Crippen molar-refractivity contribution in [1.29, 1.82) is 0 Å². The van der Waals surface area contributed by atoms with E-state index in [-0.39, 0.29) is 5.75 Å². The minimum atomic E-state index is -0.826. The molecule has 7 heteroatoms. The first-order valence-electron chi connectivity index (χ1n) is 10.1. The molecule has 2 fully saturated rings. The molecule has 1 aliphatic heterocycles. The average molecular weight is 408 g/mol. The molecule has 1 aliphatic carbocycles. The van der Waals surface area contributed by atoms with Crippen LogP contribution in [-0.2, 0) is 0 Å². The van der Waals surface area contributed by atoms with Crippen molar-refractivity contribution in [3.05, 3.63) is 53.9 Å². The molecule has 4 rings (SSSR count). The number of β-amino-alcohol motifs (C(OH)–C–C–N with tert-alkyl or cyclic N) is 1. The molecule has 1 saturated carbocycles. The third-order valence-electron chi connectivity index (χ3n) is 5.33. The zero-order valence-corrected chi connectivity index (χ0v) is 16.9. The van der Waals surface area contributed by atoms with Crippen LogP contribution in [0.2, 0.25) is 0 Å². The van der Waals surface area contributed by atoms with Crippen molar-refractivity contribution in [2.24, 2.45) is 11.8 Å². The third kappa shape index (κ3) is 6.37. The van der Waals surface area contributed by atoms with E-state index in [1.165, 1.54) is 49.7 Å². The van der Waals surface area contributed by atoms with Crippen molar-refractivity contribution in [2.45, 2.75) is 39.2 Å². The summed E-state index contributed by atoms with van der Waals surface area (Å²) in [5, 5.41) is 27.8. The molecule has 0 bridgehead atoms. The number of phenolic OH excluding ortho intramolecular Hbond substituents is 1. The van der Waals surface area contributed by atoms with Gasteiger partial charge in [-0.25, -0.2) is 9.37 Å². The minimum absolute atomic E-state index is 0.369. The van der Waals surface area contributed by atoms with Gasteiger partial charge in [0.25, 0.3) is 5.95 Å². The Hall–Kier alpha value is -2.25. The van der Waals surface area contributed by atoms with Gasteiger partial charge in [-0.05, 0) is 54.5 Å². The molecule has 0 radical (unpaired) electrons. The molecule has 160 valence electrons. The first kappa shape index (κ1) is 23.0. The molecule has 2 aromatic rings. The quantitative estimate of drug-likeness (QED) is 0.662. The van der Waals surface area contributed by atoms with Gasteiger partial charge in [0, 0.05) is 25.8 Å². The predicted octanol–water partition coefficient (Wildman–Crippen LogP) is 4.25. The standard InChI is InChI=1S/C15H20FNO2.C5H4FNO.C2H6/c16-13-6-10(4-5-14(13)18)15(19)9-17-7-11-2-1-3-12(11)8-17;6-5-4(8)2-1-3-7-5;1-2/h4-6,11-12,15,18-19H,1-3,7-9H2;1-3,8H;1-2H3/t11-,12+,15?;;. The second kappa shape index (κ2) is 11.1. The van der Waals surface area contributed by atoms with E-state index in [0.717, 1.165) is 24.9 Å². The number of aliphatic hydroxyl groups excluding tert-OH is 1. The maximum atomic E-state index is 13.3. The number of rotatable bonds is 3. The largest absolute Gasteiger partial charge is 0.505 e. The maximum absolute atomic E-state index is 13.3. The normalized spacial score (nSPS) is 21.4. The van der Waals surface area contributed by atoms with Crippen LogP contribution in [0.4, 0.5) is 8.78 Å². The van der Waals surface area contributed by atoms with Gasteiger partial charge in [-0.15, -0.1) is 0 Å². The lowest BCUT2D eigenvalue weighted by Crippen LogP contribution is -2.27. The third-order valence-corrected chi connectivity index (χ3v) is 5.33. The van der Waals surface area contributed by atoms with Gasteiger partial charge in [0.15, 0.2) is 17.3 Å². The van der Waals surface area contributed by atoms with Crippen LogP contribution < -0.4 is 0 Å². The fourth-order valence-corrected chi connectivity index (χ4v) is 3.94. The molecule has 3 atom stereocenters. The number of halogens is 2. The van der Waals surface area contributed by atoms with Crippen LogP contribution >= 0.6 is 0 Å². The summed E-state index contributed by atoms with van der Waals surface area (Å²) in [7, 11) is 0. The number of aliphatic hydroxyl groups is 1. The molecule has 0 spiro atoms. The molecule has 1 saturated heterocycles. The lowest BCUT2D eigenvalue weighted by Gasteiger charge is -2.21. The van der Waals surface area contributed by atoms with Gasteiger partial charge in [0.1, 0.15) is 0 Å². The van der Waals surface area contributed by atoms with Gasteiger partial charge in [0.05, 0.1) is 6.10 Å². The monoisotopic (exact) mass is 408 g/mol. The number of hydrogen-bond donors (Lipinski definition) is 3. The van der Waals surface area contributed by atoms with E-state index in [0.29, 0.717) is 12.1 Å². The number of phenols is 1. The average Bonchev–Trinajstić information content (AvgIpc) is 3.30. The molecule has 2 aliphatic rings. The summed E-state index contributed by atoms with van der Waals surface area (Å²) in [5.74, 6) is -0.686. The number of aromatic hydroxyl groups is 2. The summed E-state index contributed by atoms with van der Waals surface area (Å²) < 4.78 is 25.2. The summed E-state index contributed by atoms with van der Waals surface area (Å²) in [6.07, 6.45) is 4.55. The molecule has 1 aromatic heterocycles. The van der Waals surface area contributed by atoms with Crippen LogP contribution in [0, 0.1) is 23.6 Å². The SMILES string of the molecule is CC.Oc1ccc(C(O)CN2C[C@H]3CCC[C@H]3C2)cc1F.Oc1cccnc1F. The Balaban J connectivity index is 0.000000252. The Morgan fingerprint density at radius 1 is 1.07 bits per heavy atom. The minimum Gasteiger partial charge on any atom is -0.505 e. The molecule has 3 N–H and O–H groups in total. The highest BCUT2D eigenvalue weighted by molar-refractivity contribution is 5.29. The topological polar surface area (TPSA) is 76.8 Å². The summed E-state index contributed by atoms with van der Waals surface area (Å²) in [6, 6.07) is 6.80. The highest BCUT2D eigenvalue weighted by Gasteiger charge is 2.36. The lowest BCUT2D eigenvalue weighted by molar-refractivity contribution is 0.121. The fourth-order valence-electron chi connectivity index (χ4n) is 3.94. The van der Waals surface area contributed by atoms with E-state index < -0.39 is 23.6 Å². The van der Waals surface area contributed by atoms with Crippen LogP contribution in [0.25, 0.3) is 0 Å². The Bertz CT molecular complexity index is 742. The molecule has 2 heterocycles. The van der Waals surface area contributed by atoms with Gasteiger partial charge >= 0.3 is 0 Å². The van der Waals surface area contributed by atoms with Gasteiger partial charge in [-0.1, -0.05) is 26.3 Å². The Kier molecular flexibility index (Phi) is 8.79. The number of fused-ring (bicyclic) bond motifs is 1. The van der Waals surface area contributed by atoms with Crippen LogP contribution in [0.15, 0.2) is 36.5 Å². The van der Waals surface area contributed by atoms with Gasteiger partial charge in [-0.3, -0.25) is 4.90 Å². The molecule has 29 heavy (non-hydrogen) atoms. The summed E-state index contributed by atoms with van der Waals surface area (Å²) >= 11 is 0. The van der Waals surface area contributed by atoms with E-state index in [9.17, 15) is 13.9 Å². The molecular formula is C22H30F2N2O3. The second-order valence-corrected chi connectivity index (χ2v) is 7.21. The first-order valence-corrected chi connectivity index (χ1v) is 10.1. The molecule has 1 aromatic carbocycles. The first-order chi connectivity index (χ1) is 13.9. The number of benzene rings is 1. The van der Waals surface area contributed by atoms with Crippen molar-refractivity contribution >= 4 is 0 Å². The summed E-state index contributed by atoms with van der Waals surface area (Å²) in [4.78, 5) is 5.44. The zero-order chi connectivity index (χ0) is 21.4.